The largest absolute Gasteiger partial charge is 0.352 e. The van der Waals surface area contributed by atoms with Gasteiger partial charge in [-0.25, -0.2) is 0 Å². The Balaban J connectivity index is 1.49. The lowest BCUT2D eigenvalue weighted by molar-refractivity contribution is 0.0953. The van der Waals surface area contributed by atoms with Gasteiger partial charge in [-0.3, -0.25) is 19.1 Å². The van der Waals surface area contributed by atoms with E-state index in [1.54, 1.807) is 12.3 Å². The van der Waals surface area contributed by atoms with Crippen molar-refractivity contribution in [1.82, 2.24) is 34.7 Å². The van der Waals surface area contributed by atoms with Crippen molar-refractivity contribution in [3.63, 3.8) is 0 Å². The average molecular weight is 379 g/mol. The molecule has 8 heteroatoms. The molecule has 3 aromatic rings. The third-order valence-corrected chi connectivity index (χ3v) is 5.23. The summed E-state index contributed by atoms with van der Waals surface area (Å²) in [6, 6.07) is 9.58. The number of aromatic nitrogens is 4. The van der Waals surface area contributed by atoms with Crippen LogP contribution in [0.2, 0.25) is 0 Å². The molecule has 146 valence electrons. The zero-order chi connectivity index (χ0) is 19.5. The fraction of sp³-hybridized carbons (Fsp3) is 0.400. The summed E-state index contributed by atoms with van der Waals surface area (Å²) < 4.78 is 1.94. The van der Waals surface area contributed by atoms with Gasteiger partial charge in [0, 0.05) is 50.7 Å². The van der Waals surface area contributed by atoms with Crippen LogP contribution in [0.15, 0.2) is 42.7 Å². The quantitative estimate of drug-likeness (QED) is 0.713. The summed E-state index contributed by atoms with van der Waals surface area (Å²) in [6.45, 7) is 3.44. The first-order chi connectivity index (χ1) is 13.6. The van der Waals surface area contributed by atoms with E-state index in [4.69, 9.17) is 0 Å². The molecule has 1 atom stereocenters. The Kier molecular flexibility index (Phi) is 5.31. The first kappa shape index (κ1) is 18.5. The normalized spacial score (nSPS) is 18.4. The topological polar surface area (TPSA) is 78.7 Å². The highest BCUT2D eigenvalue weighted by atomic mass is 16.1. The van der Waals surface area contributed by atoms with Gasteiger partial charge in [0.05, 0.1) is 11.6 Å². The molecule has 1 amide bonds. The van der Waals surface area contributed by atoms with E-state index in [1.807, 2.05) is 34.9 Å². The van der Waals surface area contributed by atoms with Gasteiger partial charge in [-0.05, 0) is 38.4 Å². The molecule has 0 radical (unpaired) electrons. The van der Waals surface area contributed by atoms with E-state index in [1.165, 1.54) is 0 Å². The molecule has 0 aromatic carbocycles. The number of rotatable bonds is 5. The van der Waals surface area contributed by atoms with E-state index in [2.05, 4.69) is 44.4 Å². The van der Waals surface area contributed by atoms with Gasteiger partial charge in [0.25, 0.3) is 5.91 Å². The van der Waals surface area contributed by atoms with Crippen LogP contribution in [0.1, 0.15) is 27.9 Å². The highest BCUT2D eigenvalue weighted by Crippen LogP contribution is 2.22. The zero-order valence-corrected chi connectivity index (χ0v) is 16.2. The molecule has 28 heavy (non-hydrogen) atoms. The fourth-order valence-corrected chi connectivity index (χ4v) is 3.51. The Hall–Kier alpha value is -2.84. The van der Waals surface area contributed by atoms with Gasteiger partial charge in [0.15, 0.2) is 11.5 Å². The van der Waals surface area contributed by atoms with Crippen LogP contribution in [0.25, 0.3) is 5.65 Å². The van der Waals surface area contributed by atoms with Crippen molar-refractivity contribution in [2.75, 3.05) is 40.3 Å². The summed E-state index contributed by atoms with van der Waals surface area (Å²) in [7, 11) is 4.22. The molecule has 1 aliphatic heterocycles. The SMILES string of the molecule is CN1CCN(C)C(c2nnc3ccc(C(=O)NCCc4ccccn4)cn23)C1. The first-order valence-corrected chi connectivity index (χ1v) is 9.53. The van der Waals surface area contributed by atoms with Crippen LogP contribution in [0.5, 0.6) is 0 Å². The Morgan fingerprint density at radius 2 is 2.07 bits per heavy atom. The van der Waals surface area contributed by atoms with E-state index in [0.717, 1.165) is 36.8 Å². The minimum Gasteiger partial charge on any atom is -0.352 e. The number of piperazine rings is 1. The van der Waals surface area contributed by atoms with E-state index in [-0.39, 0.29) is 11.9 Å². The molecule has 4 heterocycles. The van der Waals surface area contributed by atoms with Crippen molar-refractivity contribution in [2.45, 2.75) is 12.5 Å². The Bertz CT molecular complexity index is 956. The second-order valence-corrected chi connectivity index (χ2v) is 7.29. The number of nitrogens with zero attached hydrogens (tertiary/aromatic N) is 6. The van der Waals surface area contributed by atoms with Gasteiger partial charge in [-0.1, -0.05) is 6.07 Å². The predicted octanol–water partition coefficient (Wildman–Crippen LogP) is 1.02. The predicted molar refractivity (Wildman–Crippen MR) is 106 cm³/mol. The molecule has 0 saturated carbocycles. The molecule has 8 nitrogen and oxygen atoms in total. The van der Waals surface area contributed by atoms with E-state index < -0.39 is 0 Å². The molecule has 1 fully saturated rings. The lowest BCUT2D eigenvalue weighted by Gasteiger charge is -2.36. The Morgan fingerprint density at radius 3 is 2.89 bits per heavy atom. The maximum atomic E-state index is 12.6. The zero-order valence-electron chi connectivity index (χ0n) is 16.2. The summed E-state index contributed by atoms with van der Waals surface area (Å²) in [5.74, 6) is 0.763. The minimum atomic E-state index is -0.105. The van der Waals surface area contributed by atoms with E-state index >= 15 is 0 Å². The maximum absolute atomic E-state index is 12.6. The molecule has 1 aliphatic rings. The van der Waals surface area contributed by atoms with Crippen molar-refractivity contribution in [3.05, 3.63) is 59.8 Å². The molecule has 0 spiro atoms. The third kappa shape index (κ3) is 3.88. The highest BCUT2D eigenvalue weighted by Gasteiger charge is 2.28. The van der Waals surface area contributed by atoms with Crippen LogP contribution in [0, 0.1) is 0 Å². The molecular formula is C20H25N7O. The van der Waals surface area contributed by atoms with Gasteiger partial charge in [-0.15, -0.1) is 10.2 Å². The van der Waals surface area contributed by atoms with Gasteiger partial charge in [-0.2, -0.15) is 0 Å². The molecule has 4 rings (SSSR count). The van der Waals surface area contributed by atoms with Crippen molar-refractivity contribution in [3.8, 4) is 0 Å². The number of fused-ring (bicyclic) bond motifs is 1. The van der Waals surface area contributed by atoms with Gasteiger partial charge in [0.2, 0.25) is 0 Å². The third-order valence-electron chi connectivity index (χ3n) is 5.23. The summed E-state index contributed by atoms with van der Waals surface area (Å²) in [5.41, 5.74) is 2.31. The van der Waals surface area contributed by atoms with E-state index in [9.17, 15) is 4.79 Å². The molecule has 0 bridgehead atoms. The molecule has 3 aromatic heterocycles. The number of carbonyl (C=O) groups excluding carboxylic acids is 1. The number of carbonyl (C=O) groups is 1. The summed E-state index contributed by atoms with van der Waals surface area (Å²) >= 11 is 0. The minimum absolute atomic E-state index is 0.105. The average Bonchev–Trinajstić information content (AvgIpc) is 3.13. The number of nitrogens with one attached hydrogen (secondary N) is 1. The van der Waals surface area contributed by atoms with Crippen molar-refractivity contribution >= 4 is 11.6 Å². The summed E-state index contributed by atoms with van der Waals surface area (Å²) in [4.78, 5) is 21.5. The maximum Gasteiger partial charge on any atom is 0.252 e. The van der Waals surface area contributed by atoms with Crippen LogP contribution < -0.4 is 5.32 Å². The molecule has 1 N–H and O–H groups in total. The lowest BCUT2D eigenvalue weighted by Crippen LogP contribution is -2.45. The van der Waals surface area contributed by atoms with E-state index in [0.29, 0.717) is 18.5 Å². The number of pyridine rings is 2. The van der Waals surface area contributed by atoms with Gasteiger partial charge in [0.1, 0.15) is 0 Å². The van der Waals surface area contributed by atoms with Gasteiger partial charge >= 0.3 is 0 Å². The lowest BCUT2D eigenvalue weighted by atomic mass is 10.1. The van der Waals surface area contributed by atoms with Crippen LogP contribution in [0.3, 0.4) is 0 Å². The van der Waals surface area contributed by atoms with Crippen molar-refractivity contribution < 1.29 is 4.79 Å². The standard InChI is InChI=1S/C20H25N7O/c1-25-11-12-26(2)17(14-25)19-24-23-18-7-6-15(13-27(18)19)20(28)22-10-8-16-5-3-4-9-21-16/h3-7,9,13,17H,8,10-12,14H2,1-2H3,(H,22,28). The van der Waals surface area contributed by atoms with Crippen molar-refractivity contribution in [1.29, 1.82) is 0 Å². The van der Waals surface area contributed by atoms with Gasteiger partial charge < -0.3 is 10.2 Å². The summed E-state index contributed by atoms with van der Waals surface area (Å²) in [5, 5.41) is 11.7. The number of amides is 1. The molecule has 1 saturated heterocycles. The van der Waals surface area contributed by atoms with Crippen LogP contribution in [0.4, 0.5) is 0 Å². The Labute approximate surface area is 164 Å². The fourth-order valence-electron chi connectivity index (χ4n) is 3.51. The summed E-state index contributed by atoms with van der Waals surface area (Å²) in [6.07, 6.45) is 4.30. The highest BCUT2D eigenvalue weighted by molar-refractivity contribution is 5.94. The Morgan fingerprint density at radius 1 is 1.18 bits per heavy atom. The van der Waals surface area contributed by atoms with Crippen LogP contribution in [-0.4, -0.2) is 75.6 Å². The second kappa shape index (κ2) is 8.04. The number of hydrogen-bond donors (Lipinski definition) is 1. The second-order valence-electron chi connectivity index (χ2n) is 7.29. The monoisotopic (exact) mass is 379 g/mol. The number of hydrogen-bond acceptors (Lipinski definition) is 6. The van der Waals surface area contributed by atoms with Crippen molar-refractivity contribution in [2.24, 2.45) is 0 Å². The van der Waals surface area contributed by atoms with Crippen LogP contribution >= 0.6 is 0 Å². The first-order valence-electron chi connectivity index (χ1n) is 9.53. The molecular weight excluding hydrogens is 354 g/mol. The smallest absolute Gasteiger partial charge is 0.252 e. The van der Waals surface area contributed by atoms with Crippen LogP contribution in [-0.2, 0) is 6.42 Å². The molecule has 1 unspecified atom stereocenters. The molecule has 0 aliphatic carbocycles. The number of likely N-dealkylation sites (N-methyl/N-ethyl adjacent to an activating group) is 2.